The van der Waals surface area contributed by atoms with Crippen molar-refractivity contribution in [2.45, 2.75) is 30.1 Å². The molecule has 2 aromatic carbocycles. The lowest BCUT2D eigenvalue weighted by molar-refractivity contribution is 0.222. The summed E-state index contributed by atoms with van der Waals surface area (Å²) in [6.07, 6.45) is 1.01. The van der Waals surface area contributed by atoms with Crippen LogP contribution in [0.3, 0.4) is 0 Å². The number of sulfonamides is 2. The molecule has 0 bridgehead atoms. The first kappa shape index (κ1) is 21.6. The van der Waals surface area contributed by atoms with Crippen LogP contribution in [0.4, 0.5) is 5.69 Å². The second kappa shape index (κ2) is 8.33. The molecule has 1 N–H and O–H groups in total. The summed E-state index contributed by atoms with van der Waals surface area (Å²) >= 11 is 0. The lowest BCUT2D eigenvalue weighted by Gasteiger charge is -2.34. The van der Waals surface area contributed by atoms with Gasteiger partial charge in [0.25, 0.3) is 10.0 Å². The number of hydrogen-bond donors (Lipinski definition) is 1. The van der Waals surface area contributed by atoms with E-state index in [0.29, 0.717) is 36.4 Å². The molecular formula is C20H26N2O5S2. The number of benzene rings is 2. The van der Waals surface area contributed by atoms with Crippen LogP contribution in [0.1, 0.15) is 20.3 Å². The van der Waals surface area contributed by atoms with Gasteiger partial charge in [0.1, 0.15) is 5.75 Å². The number of nitrogens with one attached hydrogen (secondary N) is 1. The van der Waals surface area contributed by atoms with Crippen molar-refractivity contribution in [3.63, 3.8) is 0 Å². The zero-order chi connectivity index (χ0) is 21.2. The first-order valence-electron chi connectivity index (χ1n) is 9.39. The monoisotopic (exact) mass is 438 g/mol. The fourth-order valence-electron chi connectivity index (χ4n) is 3.61. The predicted octanol–water partition coefficient (Wildman–Crippen LogP) is 3.16. The summed E-state index contributed by atoms with van der Waals surface area (Å²) in [6, 6.07) is 11.8. The van der Waals surface area contributed by atoms with Crippen molar-refractivity contribution in [3.05, 3.63) is 48.5 Å². The number of nitrogens with zero attached hydrogens (tertiary/aromatic N) is 1. The van der Waals surface area contributed by atoms with Crippen LogP contribution in [0.25, 0.3) is 0 Å². The molecule has 158 valence electrons. The maximum Gasteiger partial charge on any atom is 0.261 e. The third-order valence-corrected chi connectivity index (χ3v) is 8.19. The Morgan fingerprint density at radius 1 is 0.862 bits per heavy atom. The van der Waals surface area contributed by atoms with Crippen molar-refractivity contribution in [3.8, 4) is 5.75 Å². The SMILES string of the molecule is COc1ccc(S(=O)(=O)Nc2ccc(S(=O)(=O)N3C[C@H](C)C[C@H](C)C3)cc2)cc1. The van der Waals surface area contributed by atoms with Gasteiger partial charge in [0, 0.05) is 18.8 Å². The summed E-state index contributed by atoms with van der Waals surface area (Å²) in [6.45, 7) is 5.10. The van der Waals surface area contributed by atoms with Crippen LogP contribution in [0.15, 0.2) is 58.3 Å². The summed E-state index contributed by atoms with van der Waals surface area (Å²) in [4.78, 5) is 0.248. The molecule has 0 saturated carbocycles. The highest BCUT2D eigenvalue weighted by Crippen LogP contribution is 2.27. The van der Waals surface area contributed by atoms with Gasteiger partial charge in [0.15, 0.2) is 0 Å². The van der Waals surface area contributed by atoms with Crippen LogP contribution < -0.4 is 9.46 Å². The van der Waals surface area contributed by atoms with Crippen molar-refractivity contribution >= 4 is 25.7 Å². The van der Waals surface area contributed by atoms with Gasteiger partial charge in [-0.15, -0.1) is 0 Å². The maximum atomic E-state index is 12.9. The molecule has 9 heteroatoms. The Balaban J connectivity index is 1.77. The van der Waals surface area contributed by atoms with Gasteiger partial charge in [0.2, 0.25) is 10.0 Å². The lowest BCUT2D eigenvalue weighted by atomic mass is 9.94. The van der Waals surface area contributed by atoms with Crippen molar-refractivity contribution < 1.29 is 21.6 Å². The van der Waals surface area contributed by atoms with Gasteiger partial charge in [-0.05, 0) is 66.8 Å². The Morgan fingerprint density at radius 3 is 1.90 bits per heavy atom. The Labute approximate surface area is 172 Å². The molecule has 0 aliphatic carbocycles. The average molecular weight is 439 g/mol. The van der Waals surface area contributed by atoms with Gasteiger partial charge < -0.3 is 4.74 Å². The van der Waals surface area contributed by atoms with Gasteiger partial charge in [-0.2, -0.15) is 4.31 Å². The normalized spacial score (nSPS) is 20.9. The molecule has 0 aromatic heterocycles. The molecule has 1 saturated heterocycles. The second-order valence-corrected chi connectivity index (χ2v) is 11.2. The minimum Gasteiger partial charge on any atom is -0.497 e. The van der Waals surface area contributed by atoms with E-state index in [9.17, 15) is 16.8 Å². The van der Waals surface area contributed by atoms with Crippen molar-refractivity contribution in [1.82, 2.24) is 4.31 Å². The topological polar surface area (TPSA) is 92.8 Å². The number of hydrogen-bond acceptors (Lipinski definition) is 5. The van der Waals surface area contributed by atoms with Crippen molar-refractivity contribution in [2.75, 3.05) is 24.9 Å². The highest BCUT2D eigenvalue weighted by Gasteiger charge is 2.31. The van der Waals surface area contributed by atoms with E-state index < -0.39 is 20.0 Å². The highest BCUT2D eigenvalue weighted by atomic mass is 32.2. The van der Waals surface area contributed by atoms with Gasteiger partial charge >= 0.3 is 0 Å². The number of ether oxygens (including phenoxy) is 1. The molecule has 0 radical (unpaired) electrons. The number of rotatable bonds is 6. The van der Waals surface area contributed by atoms with E-state index in [1.165, 1.54) is 47.8 Å². The van der Waals surface area contributed by atoms with Crippen LogP contribution >= 0.6 is 0 Å². The predicted molar refractivity (Wildman–Crippen MR) is 112 cm³/mol. The van der Waals surface area contributed by atoms with E-state index in [-0.39, 0.29) is 9.79 Å². The van der Waals surface area contributed by atoms with Crippen molar-refractivity contribution in [2.24, 2.45) is 11.8 Å². The fraction of sp³-hybridized carbons (Fsp3) is 0.400. The second-order valence-electron chi connectivity index (χ2n) is 7.57. The van der Waals surface area contributed by atoms with Crippen LogP contribution in [0.2, 0.25) is 0 Å². The largest absolute Gasteiger partial charge is 0.497 e. The minimum absolute atomic E-state index is 0.0892. The molecule has 29 heavy (non-hydrogen) atoms. The lowest BCUT2D eigenvalue weighted by Crippen LogP contribution is -2.42. The Kier molecular flexibility index (Phi) is 6.21. The molecule has 1 heterocycles. The van der Waals surface area contributed by atoms with E-state index in [4.69, 9.17) is 4.74 Å². The quantitative estimate of drug-likeness (QED) is 0.748. The standard InChI is InChI=1S/C20H26N2O5S2/c1-15-12-16(2)14-22(13-15)29(25,26)20-8-4-17(5-9-20)21-28(23,24)19-10-6-18(27-3)7-11-19/h4-11,15-16,21H,12-14H2,1-3H3/t15-,16+. The molecule has 2 atom stereocenters. The third kappa shape index (κ3) is 4.91. The summed E-state index contributed by atoms with van der Waals surface area (Å²) in [5.74, 6) is 1.17. The molecular weight excluding hydrogens is 412 g/mol. The molecule has 1 aliphatic rings. The van der Waals surface area contributed by atoms with Gasteiger partial charge in [-0.3, -0.25) is 4.72 Å². The highest BCUT2D eigenvalue weighted by molar-refractivity contribution is 7.92. The van der Waals surface area contributed by atoms with Gasteiger partial charge in [0.05, 0.1) is 16.9 Å². The average Bonchev–Trinajstić information content (AvgIpc) is 2.67. The molecule has 0 amide bonds. The van der Waals surface area contributed by atoms with E-state index in [1.807, 2.05) is 0 Å². The molecule has 0 spiro atoms. The molecule has 2 aromatic rings. The molecule has 0 unspecified atom stereocenters. The molecule has 3 rings (SSSR count). The number of anilines is 1. The molecule has 1 fully saturated rings. The van der Waals surface area contributed by atoms with Gasteiger partial charge in [-0.1, -0.05) is 13.8 Å². The summed E-state index contributed by atoms with van der Waals surface area (Å²) < 4.78 is 59.9. The molecule has 1 aliphatic heterocycles. The Hall–Kier alpha value is -2.10. The van der Waals surface area contributed by atoms with Gasteiger partial charge in [-0.25, -0.2) is 16.8 Å². The molecule has 7 nitrogen and oxygen atoms in total. The van der Waals surface area contributed by atoms with E-state index in [0.717, 1.165) is 6.42 Å². The Morgan fingerprint density at radius 2 is 1.38 bits per heavy atom. The first-order valence-corrected chi connectivity index (χ1v) is 12.3. The zero-order valence-electron chi connectivity index (χ0n) is 16.7. The van der Waals surface area contributed by atoms with E-state index in [2.05, 4.69) is 18.6 Å². The van der Waals surface area contributed by atoms with E-state index >= 15 is 0 Å². The van der Waals surface area contributed by atoms with Crippen molar-refractivity contribution in [1.29, 1.82) is 0 Å². The smallest absolute Gasteiger partial charge is 0.261 e. The first-order chi connectivity index (χ1) is 13.6. The fourth-order valence-corrected chi connectivity index (χ4v) is 6.35. The van der Waals surface area contributed by atoms with E-state index in [1.54, 1.807) is 12.1 Å². The van der Waals surface area contributed by atoms with Crippen LogP contribution in [0.5, 0.6) is 5.75 Å². The summed E-state index contributed by atoms with van der Waals surface area (Å²) in [7, 11) is -5.89. The third-order valence-electron chi connectivity index (χ3n) is 4.95. The Bertz CT molecular complexity index is 1040. The number of piperidine rings is 1. The van der Waals surface area contributed by atoms with Crippen LogP contribution in [0, 0.1) is 11.8 Å². The zero-order valence-corrected chi connectivity index (χ0v) is 18.3. The summed E-state index contributed by atoms with van der Waals surface area (Å²) in [5, 5.41) is 0. The maximum absolute atomic E-state index is 12.9. The van der Waals surface area contributed by atoms with Crippen LogP contribution in [-0.2, 0) is 20.0 Å². The minimum atomic E-state index is -3.79. The van der Waals surface area contributed by atoms with Crippen LogP contribution in [-0.4, -0.2) is 41.3 Å². The summed E-state index contributed by atoms with van der Waals surface area (Å²) in [5.41, 5.74) is 0.292. The number of methoxy groups -OCH3 is 1.